The van der Waals surface area contributed by atoms with Crippen LogP contribution in [-0.4, -0.2) is 12.3 Å². The van der Waals surface area contributed by atoms with Crippen LogP contribution in [0.1, 0.15) is 12.0 Å². The van der Waals surface area contributed by atoms with E-state index >= 15 is 0 Å². The summed E-state index contributed by atoms with van der Waals surface area (Å²) in [5.74, 6) is 0. The Morgan fingerprint density at radius 3 is 2.61 bits per heavy atom. The van der Waals surface area contributed by atoms with Gasteiger partial charge in [-0.05, 0) is 29.8 Å². The fourth-order valence-electron chi connectivity index (χ4n) is 2.09. The van der Waals surface area contributed by atoms with E-state index in [0.29, 0.717) is 0 Å². The van der Waals surface area contributed by atoms with Gasteiger partial charge in [0.25, 0.3) is 0 Å². The Morgan fingerprint density at radius 1 is 1.00 bits per heavy atom. The van der Waals surface area contributed by atoms with Crippen LogP contribution >= 0.6 is 11.6 Å². The largest absolute Gasteiger partial charge is 0.383 e. The monoisotopic (exact) mass is 256 g/mol. The highest BCUT2D eigenvalue weighted by molar-refractivity contribution is 6.30. The second-order valence-corrected chi connectivity index (χ2v) is 4.70. The number of fused-ring (bicyclic) bond motifs is 1. The lowest BCUT2D eigenvalue weighted by Gasteiger charge is -2.03. The van der Waals surface area contributed by atoms with Crippen LogP contribution in [0.15, 0.2) is 53.5 Å². The molecule has 0 saturated heterocycles. The predicted molar refractivity (Wildman–Crippen MR) is 77.2 cm³/mol. The highest BCUT2D eigenvalue weighted by atomic mass is 35.5. The maximum atomic E-state index is 5.91. The van der Waals surface area contributed by atoms with E-state index in [1.807, 2.05) is 42.5 Å². The van der Waals surface area contributed by atoms with E-state index in [0.717, 1.165) is 40.6 Å². The summed E-state index contributed by atoms with van der Waals surface area (Å²) in [4.78, 5) is 4.75. The van der Waals surface area contributed by atoms with Gasteiger partial charge >= 0.3 is 0 Å². The van der Waals surface area contributed by atoms with E-state index in [1.165, 1.54) is 0 Å². The van der Waals surface area contributed by atoms with Crippen LogP contribution in [0, 0.1) is 0 Å². The maximum Gasteiger partial charge on any atom is 0.0864 e. The van der Waals surface area contributed by atoms with Crippen LogP contribution in [-0.2, 0) is 0 Å². The molecule has 2 nitrogen and oxygen atoms in total. The van der Waals surface area contributed by atoms with Crippen molar-refractivity contribution in [3.63, 3.8) is 0 Å². The molecule has 90 valence electrons. The van der Waals surface area contributed by atoms with Gasteiger partial charge in [0, 0.05) is 18.0 Å². The number of hydrogen-bond acceptors (Lipinski definition) is 2. The minimum absolute atomic E-state index is 0.756. The van der Waals surface area contributed by atoms with Gasteiger partial charge in [0.2, 0.25) is 0 Å². The molecular formula is C15H13ClN2. The Bertz CT molecular complexity index is 588. The number of halogens is 1. The molecule has 0 aliphatic carbocycles. The molecule has 18 heavy (non-hydrogen) atoms. The van der Waals surface area contributed by atoms with Gasteiger partial charge in [0.15, 0.2) is 0 Å². The third-order valence-corrected chi connectivity index (χ3v) is 3.27. The summed E-state index contributed by atoms with van der Waals surface area (Å²) >= 11 is 5.91. The molecule has 0 spiro atoms. The first-order valence-corrected chi connectivity index (χ1v) is 6.37. The standard InChI is InChI=1S/C15H13ClN2/c16-12-7-5-11(6-8-12)13-9-10-17-14-3-1-2-4-15(14)18-13/h1-8,17H,9-10H2. The second-order valence-electron chi connectivity index (χ2n) is 4.26. The van der Waals surface area contributed by atoms with Crippen molar-refractivity contribution in [3.8, 4) is 0 Å². The first-order chi connectivity index (χ1) is 8.83. The fraction of sp³-hybridized carbons (Fsp3) is 0.133. The molecule has 0 atom stereocenters. The molecular weight excluding hydrogens is 244 g/mol. The quantitative estimate of drug-likeness (QED) is 0.809. The van der Waals surface area contributed by atoms with Crippen molar-refractivity contribution in [3.05, 3.63) is 59.1 Å². The lowest BCUT2D eigenvalue weighted by atomic mass is 10.1. The van der Waals surface area contributed by atoms with Gasteiger partial charge in [0.1, 0.15) is 0 Å². The zero-order chi connectivity index (χ0) is 12.4. The molecule has 3 rings (SSSR count). The summed E-state index contributed by atoms with van der Waals surface area (Å²) in [5, 5.41) is 4.15. The predicted octanol–water partition coefficient (Wildman–Crippen LogP) is 4.28. The number of rotatable bonds is 1. The Morgan fingerprint density at radius 2 is 1.78 bits per heavy atom. The van der Waals surface area contributed by atoms with Crippen molar-refractivity contribution >= 4 is 28.7 Å². The number of anilines is 1. The van der Waals surface area contributed by atoms with Gasteiger partial charge in [-0.1, -0.05) is 35.9 Å². The van der Waals surface area contributed by atoms with Crippen LogP contribution in [0.5, 0.6) is 0 Å². The van der Waals surface area contributed by atoms with E-state index in [9.17, 15) is 0 Å². The van der Waals surface area contributed by atoms with E-state index in [1.54, 1.807) is 0 Å². The number of benzene rings is 2. The smallest absolute Gasteiger partial charge is 0.0864 e. The first-order valence-electron chi connectivity index (χ1n) is 5.99. The molecule has 0 saturated carbocycles. The normalized spacial score (nSPS) is 14.2. The van der Waals surface area contributed by atoms with Gasteiger partial charge in [-0.2, -0.15) is 0 Å². The minimum atomic E-state index is 0.756. The molecule has 0 aromatic heterocycles. The minimum Gasteiger partial charge on any atom is -0.383 e. The molecule has 1 aliphatic rings. The highest BCUT2D eigenvalue weighted by Crippen LogP contribution is 2.28. The molecule has 0 fully saturated rings. The molecule has 1 N–H and O–H groups in total. The molecule has 0 amide bonds. The van der Waals surface area contributed by atoms with Gasteiger partial charge in [0.05, 0.1) is 17.1 Å². The second kappa shape index (κ2) is 4.83. The van der Waals surface area contributed by atoms with Crippen LogP contribution < -0.4 is 5.32 Å². The summed E-state index contributed by atoms with van der Waals surface area (Å²) in [7, 11) is 0. The molecule has 0 radical (unpaired) electrons. The number of nitrogens with one attached hydrogen (secondary N) is 1. The van der Waals surface area contributed by atoms with Crippen molar-refractivity contribution in [2.75, 3.05) is 11.9 Å². The van der Waals surface area contributed by atoms with Crippen LogP contribution in [0.2, 0.25) is 5.02 Å². The summed E-state index contributed by atoms with van der Waals surface area (Å²) in [6, 6.07) is 16.0. The van der Waals surface area contributed by atoms with E-state index < -0.39 is 0 Å². The topological polar surface area (TPSA) is 24.4 Å². The first kappa shape index (κ1) is 11.3. The number of para-hydroxylation sites is 2. The summed E-state index contributed by atoms with van der Waals surface area (Å²) in [6.45, 7) is 0.901. The van der Waals surface area contributed by atoms with Crippen LogP contribution in [0.4, 0.5) is 11.4 Å². The van der Waals surface area contributed by atoms with Crippen molar-refractivity contribution in [2.24, 2.45) is 4.99 Å². The average Bonchev–Trinajstić information content (AvgIpc) is 2.61. The van der Waals surface area contributed by atoms with Gasteiger partial charge in [-0.25, -0.2) is 0 Å². The van der Waals surface area contributed by atoms with Gasteiger partial charge in [-0.15, -0.1) is 0 Å². The zero-order valence-electron chi connectivity index (χ0n) is 9.86. The number of hydrogen-bond donors (Lipinski definition) is 1. The molecule has 3 heteroatoms. The van der Waals surface area contributed by atoms with Gasteiger partial charge < -0.3 is 5.32 Å². The summed E-state index contributed by atoms with van der Waals surface area (Å²) in [5.41, 5.74) is 4.34. The van der Waals surface area contributed by atoms with Crippen LogP contribution in [0.3, 0.4) is 0 Å². The Labute approximate surface area is 111 Å². The Hall–Kier alpha value is -1.80. The van der Waals surface area contributed by atoms with Crippen molar-refractivity contribution in [2.45, 2.75) is 6.42 Å². The Kier molecular flexibility index (Phi) is 3.03. The molecule has 0 unspecified atom stereocenters. The SMILES string of the molecule is Clc1ccc(C2=Nc3ccccc3NCC2)cc1. The van der Waals surface area contributed by atoms with Gasteiger partial charge in [-0.3, -0.25) is 4.99 Å². The lowest BCUT2D eigenvalue weighted by molar-refractivity contribution is 1.12. The summed E-state index contributed by atoms with van der Waals surface area (Å²) in [6.07, 6.45) is 0.913. The van der Waals surface area contributed by atoms with Crippen LogP contribution in [0.25, 0.3) is 0 Å². The lowest BCUT2D eigenvalue weighted by Crippen LogP contribution is -2.06. The van der Waals surface area contributed by atoms with E-state index in [2.05, 4.69) is 11.4 Å². The molecule has 1 heterocycles. The highest BCUT2D eigenvalue weighted by Gasteiger charge is 2.10. The maximum absolute atomic E-state index is 5.91. The molecule has 1 aliphatic heterocycles. The number of nitrogens with zero attached hydrogens (tertiary/aromatic N) is 1. The fourth-order valence-corrected chi connectivity index (χ4v) is 2.21. The summed E-state index contributed by atoms with van der Waals surface area (Å²) < 4.78 is 0. The molecule has 2 aromatic carbocycles. The zero-order valence-corrected chi connectivity index (χ0v) is 10.6. The molecule has 0 bridgehead atoms. The Balaban J connectivity index is 2.03. The van der Waals surface area contributed by atoms with E-state index in [-0.39, 0.29) is 0 Å². The third kappa shape index (κ3) is 2.24. The van der Waals surface area contributed by atoms with Crippen molar-refractivity contribution < 1.29 is 0 Å². The third-order valence-electron chi connectivity index (χ3n) is 3.01. The number of aliphatic imine (C=N–C) groups is 1. The van der Waals surface area contributed by atoms with E-state index in [4.69, 9.17) is 16.6 Å². The average molecular weight is 257 g/mol. The molecule has 2 aromatic rings. The van der Waals surface area contributed by atoms with Crippen molar-refractivity contribution in [1.29, 1.82) is 0 Å². The van der Waals surface area contributed by atoms with Crippen molar-refractivity contribution in [1.82, 2.24) is 0 Å².